The van der Waals surface area contributed by atoms with E-state index in [4.69, 9.17) is 0 Å². The molecule has 0 aliphatic rings. The third-order valence-electron chi connectivity index (χ3n) is 2.80. The Kier molecular flexibility index (Phi) is 4.12. The van der Waals surface area contributed by atoms with Gasteiger partial charge in [-0.05, 0) is 13.0 Å². The molecule has 2 rings (SSSR count). The number of nitro benzene ring substituents is 1. The lowest BCUT2D eigenvalue weighted by atomic mass is 10.3. The lowest BCUT2D eigenvalue weighted by molar-refractivity contribution is -0.384. The maximum absolute atomic E-state index is 11.9. The van der Waals surface area contributed by atoms with Gasteiger partial charge >= 0.3 is 6.03 Å². The predicted molar refractivity (Wildman–Crippen MR) is 74.7 cm³/mol. The number of amides is 2. The van der Waals surface area contributed by atoms with Gasteiger partial charge in [0, 0.05) is 24.9 Å². The summed E-state index contributed by atoms with van der Waals surface area (Å²) in [5.41, 5.74) is 0.251. The molecule has 1 heterocycles. The fraction of sp³-hybridized carbons (Fsp3) is 0.250. The summed E-state index contributed by atoms with van der Waals surface area (Å²) in [5.74, 6) is 0.601. The van der Waals surface area contributed by atoms with Crippen LogP contribution in [0.4, 0.5) is 16.2 Å². The third kappa shape index (κ3) is 3.53. The molecule has 2 N–H and O–H groups in total. The first kappa shape index (κ1) is 14.4. The van der Waals surface area contributed by atoms with Crippen LogP contribution < -0.4 is 10.6 Å². The van der Waals surface area contributed by atoms with Crippen molar-refractivity contribution >= 4 is 17.4 Å². The lowest BCUT2D eigenvalue weighted by Gasteiger charge is -2.13. The van der Waals surface area contributed by atoms with Crippen LogP contribution in [-0.2, 0) is 7.05 Å². The highest BCUT2D eigenvalue weighted by molar-refractivity contribution is 5.89. The number of nitrogens with one attached hydrogen (secondary N) is 2. The fourth-order valence-corrected chi connectivity index (χ4v) is 1.81. The Balaban J connectivity index is 2.00. The minimum atomic E-state index is -0.523. The number of hydrogen-bond acceptors (Lipinski definition) is 5. The van der Waals surface area contributed by atoms with Crippen LogP contribution in [0.25, 0.3) is 0 Å². The Morgan fingerprint density at radius 3 is 2.86 bits per heavy atom. The molecule has 0 radical (unpaired) electrons. The quantitative estimate of drug-likeness (QED) is 0.655. The standard InChI is InChI=1S/C12H14N6O3/c1-8(11-16-13-7-17(11)2)14-12(19)15-9-4-3-5-10(6-9)18(20)21/h3-8H,1-2H3,(H2,14,15,19). The monoisotopic (exact) mass is 290 g/mol. The molecule has 0 aliphatic carbocycles. The first-order chi connectivity index (χ1) is 9.97. The average molecular weight is 290 g/mol. The van der Waals surface area contributed by atoms with Crippen molar-refractivity contribution in [2.24, 2.45) is 7.05 Å². The van der Waals surface area contributed by atoms with Gasteiger partial charge < -0.3 is 15.2 Å². The summed E-state index contributed by atoms with van der Waals surface area (Å²) in [6.45, 7) is 1.76. The lowest BCUT2D eigenvalue weighted by Crippen LogP contribution is -2.32. The molecule has 2 aromatic rings. The molecule has 0 aliphatic heterocycles. The van der Waals surface area contributed by atoms with Crippen molar-refractivity contribution in [2.75, 3.05) is 5.32 Å². The van der Waals surface area contributed by atoms with E-state index < -0.39 is 11.0 Å². The first-order valence-electron chi connectivity index (χ1n) is 6.13. The minimum Gasteiger partial charge on any atom is -0.328 e. The van der Waals surface area contributed by atoms with Gasteiger partial charge in [0.15, 0.2) is 5.82 Å². The van der Waals surface area contributed by atoms with E-state index in [0.29, 0.717) is 11.5 Å². The molecule has 0 bridgehead atoms. The third-order valence-corrected chi connectivity index (χ3v) is 2.80. The Labute approximate surface area is 120 Å². The van der Waals surface area contributed by atoms with E-state index >= 15 is 0 Å². The molecular formula is C12H14N6O3. The maximum Gasteiger partial charge on any atom is 0.319 e. The number of rotatable bonds is 4. The molecule has 0 saturated carbocycles. The number of nitrogens with zero attached hydrogens (tertiary/aromatic N) is 4. The van der Waals surface area contributed by atoms with E-state index in [1.807, 2.05) is 0 Å². The van der Waals surface area contributed by atoms with Gasteiger partial charge in [0.25, 0.3) is 5.69 Å². The topological polar surface area (TPSA) is 115 Å². The number of urea groups is 1. The maximum atomic E-state index is 11.9. The van der Waals surface area contributed by atoms with Crippen LogP contribution >= 0.6 is 0 Å². The van der Waals surface area contributed by atoms with Crippen molar-refractivity contribution in [3.63, 3.8) is 0 Å². The van der Waals surface area contributed by atoms with Crippen LogP contribution in [0.5, 0.6) is 0 Å². The van der Waals surface area contributed by atoms with Crippen molar-refractivity contribution in [3.05, 3.63) is 46.5 Å². The fourth-order valence-electron chi connectivity index (χ4n) is 1.81. The summed E-state index contributed by atoms with van der Waals surface area (Å²) in [6, 6.07) is 4.87. The van der Waals surface area contributed by atoms with Crippen LogP contribution in [0.3, 0.4) is 0 Å². The number of hydrogen-bond donors (Lipinski definition) is 2. The van der Waals surface area contributed by atoms with E-state index in [9.17, 15) is 14.9 Å². The number of carbonyl (C=O) groups is 1. The Morgan fingerprint density at radius 2 is 2.24 bits per heavy atom. The van der Waals surface area contributed by atoms with Crippen molar-refractivity contribution in [1.29, 1.82) is 0 Å². The zero-order valence-corrected chi connectivity index (χ0v) is 11.5. The smallest absolute Gasteiger partial charge is 0.319 e. The summed E-state index contributed by atoms with van der Waals surface area (Å²) >= 11 is 0. The molecule has 2 amide bonds. The van der Waals surface area contributed by atoms with E-state index in [1.165, 1.54) is 24.5 Å². The van der Waals surface area contributed by atoms with Gasteiger partial charge in [-0.15, -0.1) is 10.2 Å². The molecule has 110 valence electrons. The van der Waals surface area contributed by atoms with Crippen molar-refractivity contribution in [1.82, 2.24) is 20.1 Å². The summed E-state index contributed by atoms with van der Waals surface area (Å²) in [7, 11) is 1.77. The van der Waals surface area contributed by atoms with E-state index in [0.717, 1.165) is 0 Å². The highest BCUT2D eigenvalue weighted by atomic mass is 16.6. The second kappa shape index (κ2) is 5.99. The number of aryl methyl sites for hydroxylation is 1. The van der Waals surface area contributed by atoms with Crippen LogP contribution in [0, 0.1) is 10.1 Å². The van der Waals surface area contributed by atoms with Gasteiger partial charge in [-0.2, -0.15) is 0 Å². The van der Waals surface area contributed by atoms with Crippen LogP contribution in [0.2, 0.25) is 0 Å². The number of carbonyl (C=O) groups excluding carboxylic acids is 1. The molecule has 1 atom stereocenters. The summed E-state index contributed by atoms with van der Waals surface area (Å²) in [5, 5.41) is 23.5. The van der Waals surface area contributed by atoms with Crippen molar-refractivity contribution in [2.45, 2.75) is 13.0 Å². The number of anilines is 1. The Bertz CT molecular complexity index is 669. The largest absolute Gasteiger partial charge is 0.328 e. The predicted octanol–water partition coefficient (Wildman–Crippen LogP) is 1.61. The normalized spacial score (nSPS) is 11.7. The van der Waals surface area contributed by atoms with Gasteiger partial charge in [0.1, 0.15) is 6.33 Å². The zero-order valence-electron chi connectivity index (χ0n) is 11.5. The molecular weight excluding hydrogens is 276 g/mol. The van der Waals surface area contributed by atoms with Crippen molar-refractivity contribution < 1.29 is 9.72 Å². The molecule has 9 nitrogen and oxygen atoms in total. The van der Waals surface area contributed by atoms with Gasteiger partial charge in [-0.3, -0.25) is 10.1 Å². The summed E-state index contributed by atoms with van der Waals surface area (Å²) in [6.07, 6.45) is 1.53. The number of nitro groups is 1. The number of non-ortho nitro benzene ring substituents is 1. The first-order valence-corrected chi connectivity index (χ1v) is 6.13. The van der Waals surface area contributed by atoms with Gasteiger partial charge in [-0.25, -0.2) is 4.79 Å². The van der Waals surface area contributed by atoms with E-state index in [1.54, 1.807) is 24.6 Å². The SMILES string of the molecule is CC(NC(=O)Nc1cccc([N+](=O)[O-])c1)c1nncn1C. The second-order valence-corrected chi connectivity index (χ2v) is 4.43. The van der Waals surface area contributed by atoms with Crippen LogP contribution in [0.15, 0.2) is 30.6 Å². The highest BCUT2D eigenvalue weighted by Gasteiger charge is 2.14. The summed E-state index contributed by atoms with van der Waals surface area (Å²) in [4.78, 5) is 22.0. The van der Waals surface area contributed by atoms with Crippen LogP contribution in [0.1, 0.15) is 18.8 Å². The Hall–Kier alpha value is -2.97. The van der Waals surface area contributed by atoms with Gasteiger partial charge in [0.05, 0.1) is 11.0 Å². The molecule has 21 heavy (non-hydrogen) atoms. The molecule has 1 aromatic heterocycles. The highest BCUT2D eigenvalue weighted by Crippen LogP contribution is 2.17. The van der Waals surface area contributed by atoms with E-state index in [2.05, 4.69) is 20.8 Å². The van der Waals surface area contributed by atoms with Gasteiger partial charge in [0.2, 0.25) is 0 Å². The average Bonchev–Trinajstić information content (AvgIpc) is 2.85. The molecule has 1 aromatic carbocycles. The number of aromatic nitrogens is 3. The molecule has 0 saturated heterocycles. The number of benzene rings is 1. The van der Waals surface area contributed by atoms with Crippen molar-refractivity contribution in [3.8, 4) is 0 Å². The summed E-state index contributed by atoms with van der Waals surface area (Å²) < 4.78 is 1.69. The minimum absolute atomic E-state index is 0.0888. The van der Waals surface area contributed by atoms with E-state index in [-0.39, 0.29) is 11.7 Å². The molecule has 0 fully saturated rings. The molecule has 9 heteroatoms. The molecule has 1 unspecified atom stereocenters. The Morgan fingerprint density at radius 1 is 1.48 bits per heavy atom. The zero-order chi connectivity index (χ0) is 15.4. The van der Waals surface area contributed by atoms with Crippen LogP contribution in [-0.4, -0.2) is 25.7 Å². The molecule has 0 spiro atoms. The second-order valence-electron chi connectivity index (χ2n) is 4.43. The van der Waals surface area contributed by atoms with Gasteiger partial charge in [-0.1, -0.05) is 6.07 Å².